The van der Waals surface area contributed by atoms with Crippen molar-refractivity contribution in [3.63, 3.8) is 0 Å². The van der Waals surface area contributed by atoms with Gasteiger partial charge in [-0.25, -0.2) is 0 Å². The molecule has 0 bridgehead atoms. The van der Waals surface area contributed by atoms with E-state index >= 15 is 0 Å². The van der Waals surface area contributed by atoms with Crippen molar-refractivity contribution in [3.8, 4) is 0 Å². The van der Waals surface area contributed by atoms with E-state index in [1.807, 2.05) is 23.4 Å². The van der Waals surface area contributed by atoms with Gasteiger partial charge in [-0.05, 0) is 26.3 Å². The van der Waals surface area contributed by atoms with Crippen molar-refractivity contribution >= 4 is 5.91 Å². The summed E-state index contributed by atoms with van der Waals surface area (Å²) in [5.41, 5.74) is 0.996. The quantitative estimate of drug-likeness (QED) is 0.754. The molecule has 3 heterocycles. The van der Waals surface area contributed by atoms with Crippen molar-refractivity contribution in [2.24, 2.45) is 7.05 Å². The molecule has 1 aromatic rings. The second kappa shape index (κ2) is 5.05. The normalized spacial score (nSPS) is 22.9. The van der Waals surface area contributed by atoms with Crippen LogP contribution < -0.4 is 5.43 Å². The zero-order valence-corrected chi connectivity index (χ0v) is 12.1. The molecule has 5 heteroatoms. The summed E-state index contributed by atoms with van der Waals surface area (Å²) in [7, 11) is 1.86. The van der Waals surface area contributed by atoms with Crippen LogP contribution in [0.5, 0.6) is 0 Å². The van der Waals surface area contributed by atoms with E-state index in [9.17, 15) is 9.59 Å². The van der Waals surface area contributed by atoms with Gasteiger partial charge in [0.15, 0.2) is 5.43 Å². The molecule has 5 nitrogen and oxygen atoms in total. The zero-order chi connectivity index (χ0) is 14.3. The van der Waals surface area contributed by atoms with E-state index in [4.69, 9.17) is 0 Å². The van der Waals surface area contributed by atoms with Crippen molar-refractivity contribution in [3.05, 3.63) is 33.7 Å². The number of carbonyl (C=O) groups excluding carboxylic acids is 1. The third-order valence-electron chi connectivity index (χ3n) is 4.59. The first-order valence-corrected chi connectivity index (χ1v) is 7.27. The lowest BCUT2D eigenvalue weighted by Crippen LogP contribution is -2.52. The Kier molecular flexibility index (Phi) is 3.38. The Morgan fingerprint density at radius 1 is 1.30 bits per heavy atom. The molecule has 3 rings (SSSR count). The highest BCUT2D eigenvalue weighted by molar-refractivity contribution is 5.94. The summed E-state index contributed by atoms with van der Waals surface area (Å²) in [5.74, 6) is -0.114. The van der Waals surface area contributed by atoms with Gasteiger partial charge in [-0.3, -0.25) is 14.5 Å². The van der Waals surface area contributed by atoms with Crippen LogP contribution in [0, 0.1) is 6.92 Å². The number of hydrogen-bond acceptors (Lipinski definition) is 3. The number of nitrogens with zero attached hydrogens (tertiary/aromatic N) is 3. The summed E-state index contributed by atoms with van der Waals surface area (Å²) in [6, 6.07) is 2.03. The fraction of sp³-hybridized carbons (Fsp3) is 0.600. The Balaban J connectivity index is 1.82. The van der Waals surface area contributed by atoms with Crippen LogP contribution in [0.4, 0.5) is 0 Å². The van der Waals surface area contributed by atoms with Crippen molar-refractivity contribution in [1.82, 2.24) is 14.4 Å². The highest BCUT2D eigenvalue weighted by atomic mass is 16.2. The fourth-order valence-corrected chi connectivity index (χ4v) is 3.23. The second-order valence-electron chi connectivity index (χ2n) is 5.89. The average molecular weight is 275 g/mol. The van der Waals surface area contributed by atoms with Crippen LogP contribution in [0.2, 0.25) is 0 Å². The second-order valence-corrected chi connectivity index (χ2v) is 5.89. The summed E-state index contributed by atoms with van der Waals surface area (Å²) >= 11 is 0. The molecular weight excluding hydrogens is 254 g/mol. The number of fused-ring (bicyclic) bond motifs is 1. The summed E-state index contributed by atoms with van der Waals surface area (Å²) in [5, 5.41) is 0. The molecule has 20 heavy (non-hydrogen) atoms. The Bertz CT molecular complexity index is 593. The highest BCUT2D eigenvalue weighted by Gasteiger charge is 2.33. The average Bonchev–Trinajstić information content (AvgIpc) is 2.89. The van der Waals surface area contributed by atoms with Gasteiger partial charge in [0, 0.05) is 50.7 Å². The smallest absolute Gasteiger partial charge is 0.259 e. The number of pyridine rings is 1. The van der Waals surface area contributed by atoms with Gasteiger partial charge in [0.05, 0.1) is 0 Å². The summed E-state index contributed by atoms with van der Waals surface area (Å²) in [6.45, 7) is 5.44. The van der Waals surface area contributed by atoms with E-state index in [0.717, 1.165) is 38.3 Å². The molecule has 0 saturated carbocycles. The number of aromatic nitrogens is 1. The number of piperazine rings is 1. The molecule has 1 atom stereocenters. The Morgan fingerprint density at radius 2 is 2.10 bits per heavy atom. The third kappa shape index (κ3) is 2.26. The van der Waals surface area contributed by atoms with E-state index in [0.29, 0.717) is 11.6 Å². The molecule has 1 amide bonds. The van der Waals surface area contributed by atoms with Crippen LogP contribution in [0.25, 0.3) is 0 Å². The van der Waals surface area contributed by atoms with Gasteiger partial charge in [0.25, 0.3) is 5.91 Å². The molecule has 0 spiro atoms. The molecule has 108 valence electrons. The Labute approximate surface area is 118 Å². The number of carbonyl (C=O) groups is 1. The van der Waals surface area contributed by atoms with E-state index in [1.165, 1.54) is 6.42 Å². The molecule has 2 fully saturated rings. The molecule has 2 aliphatic rings. The van der Waals surface area contributed by atoms with Gasteiger partial charge in [0.2, 0.25) is 0 Å². The lowest BCUT2D eigenvalue weighted by atomic mass is 10.1. The largest absolute Gasteiger partial charge is 0.354 e. The number of rotatable bonds is 1. The van der Waals surface area contributed by atoms with E-state index in [2.05, 4.69) is 4.90 Å². The summed E-state index contributed by atoms with van der Waals surface area (Å²) < 4.78 is 1.83. The highest BCUT2D eigenvalue weighted by Crippen LogP contribution is 2.22. The van der Waals surface area contributed by atoms with Crippen LogP contribution in [0.15, 0.2) is 17.1 Å². The maximum Gasteiger partial charge on any atom is 0.259 e. The SMILES string of the molecule is Cc1cc(=O)c(C(=O)N2CCN3CCCC3C2)cn1C. The summed E-state index contributed by atoms with van der Waals surface area (Å²) in [4.78, 5) is 28.9. The van der Waals surface area contributed by atoms with Gasteiger partial charge in [0.1, 0.15) is 5.56 Å². The van der Waals surface area contributed by atoms with E-state index < -0.39 is 0 Å². The van der Waals surface area contributed by atoms with Crippen molar-refractivity contribution in [2.45, 2.75) is 25.8 Å². The number of hydrogen-bond donors (Lipinski definition) is 0. The van der Waals surface area contributed by atoms with Crippen molar-refractivity contribution in [2.75, 3.05) is 26.2 Å². The van der Waals surface area contributed by atoms with E-state index in [-0.39, 0.29) is 11.3 Å². The summed E-state index contributed by atoms with van der Waals surface area (Å²) in [6.07, 6.45) is 4.05. The molecular formula is C15H21N3O2. The third-order valence-corrected chi connectivity index (χ3v) is 4.59. The lowest BCUT2D eigenvalue weighted by molar-refractivity contribution is 0.0569. The van der Waals surface area contributed by atoms with E-state index in [1.54, 1.807) is 12.3 Å². The standard InChI is InChI=1S/C15H21N3O2/c1-11-8-14(19)13(10-16(11)2)15(20)18-7-6-17-5-3-4-12(17)9-18/h8,10,12H,3-7,9H2,1-2H3. The predicted octanol–water partition coefficient (Wildman–Crippen LogP) is 0.614. The van der Waals surface area contributed by atoms with Gasteiger partial charge >= 0.3 is 0 Å². The van der Waals surface area contributed by atoms with Crippen LogP contribution in [-0.4, -0.2) is 52.5 Å². The van der Waals surface area contributed by atoms with Crippen LogP contribution in [-0.2, 0) is 7.05 Å². The Morgan fingerprint density at radius 3 is 2.90 bits per heavy atom. The van der Waals surface area contributed by atoms with Crippen molar-refractivity contribution < 1.29 is 4.79 Å². The monoisotopic (exact) mass is 275 g/mol. The van der Waals surface area contributed by atoms with Crippen LogP contribution >= 0.6 is 0 Å². The first-order chi connectivity index (χ1) is 9.56. The number of amides is 1. The van der Waals surface area contributed by atoms with Gasteiger partial charge < -0.3 is 9.47 Å². The molecule has 1 aromatic heterocycles. The first kappa shape index (κ1) is 13.4. The minimum atomic E-state index is -0.167. The Hall–Kier alpha value is -1.62. The van der Waals surface area contributed by atoms with Gasteiger partial charge in [-0.15, -0.1) is 0 Å². The predicted molar refractivity (Wildman–Crippen MR) is 76.9 cm³/mol. The fourth-order valence-electron chi connectivity index (χ4n) is 3.23. The molecule has 0 N–H and O–H groups in total. The molecule has 0 aromatic carbocycles. The zero-order valence-electron chi connectivity index (χ0n) is 12.1. The maximum atomic E-state index is 12.6. The molecule has 0 aliphatic carbocycles. The molecule has 2 aliphatic heterocycles. The molecule has 1 unspecified atom stereocenters. The maximum absolute atomic E-state index is 12.6. The molecule has 0 radical (unpaired) electrons. The molecule has 2 saturated heterocycles. The minimum Gasteiger partial charge on any atom is -0.354 e. The van der Waals surface area contributed by atoms with Crippen molar-refractivity contribution in [1.29, 1.82) is 0 Å². The first-order valence-electron chi connectivity index (χ1n) is 7.27. The topological polar surface area (TPSA) is 45.6 Å². The van der Waals surface area contributed by atoms with Gasteiger partial charge in [-0.1, -0.05) is 0 Å². The van der Waals surface area contributed by atoms with Crippen LogP contribution in [0.3, 0.4) is 0 Å². The minimum absolute atomic E-state index is 0.114. The number of aryl methyl sites for hydroxylation is 2. The lowest BCUT2D eigenvalue weighted by Gasteiger charge is -2.37. The van der Waals surface area contributed by atoms with Gasteiger partial charge in [-0.2, -0.15) is 0 Å². The van der Waals surface area contributed by atoms with Crippen LogP contribution in [0.1, 0.15) is 28.9 Å².